The molecule has 4 aromatic carbocycles. The molecule has 0 unspecified atom stereocenters. The van der Waals surface area contributed by atoms with Crippen molar-refractivity contribution in [1.82, 2.24) is 0 Å². The highest BCUT2D eigenvalue weighted by Crippen LogP contribution is 2.39. The summed E-state index contributed by atoms with van der Waals surface area (Å²) in [5.74, 6) is 4.26. The largest absolute Gasteiger partial charge is 0.491 e. The Balaban J connectivity index is 1.64. The predicted octanol–water partition coefficient (Wildman–Crippen LogP) is 8.46. The van der Waals surface area contributed by atoms with Crippen LogP contribution in [-0.2, 0) is 44.6 Å². The van der Waals surface area contributed by atoms with Gasteiger partial charge in [-0.3, -0.25) is 0 Å². The molecule has 1 aliphatic carbocycles. The van der Waals surface area contributed by atoms with E-state index in [1.165, 1.54) is 0 Å². The first-order valence-electron chi connectivity index (χ1n) is 19.0. The number of hydrogen-bond donors (Lipinski definition) is 0. The molecule has 0 heterocycles. The fourth-order valence-electron chi connectivity index (χ4n) is 6.64. The van der Waals surface area contributed by atoms with Crippen LogP contribution in [0.3, 0.4) is 0 Å². The standard InChI is InChI=1S/C44H54Cl2O8/c1-3-47-21-25-51-41-33-9-5-10-34(41)30-38-14-8-16-40(44(38)54-28-24-50-20-18-46)32-36-12-6-11-35(42(36)52-26-22-48-4-2)31-39-15-7-13-37(29-33)43(39)53-27-23-49-19-17-45/h5-16H,3-4,17-32H2,1-2H3. The third kappa shape index (κ3) is 12.3. The van der Waals surface area contributed by atoms with Gasteiger partial charge in [0.15, 0.2) is 0 Å². The van der Waals surface area contributed by atoms with E-state index >= 15 is 0 Å². The normalized spacial score (nSPS) is 12.4. The number of halogens is 2. The Kier molecular flexibility index (Phi) is 18.1. The molecule has 4 aromatic rings. The molecule has 0 saturated heterocycles. The van der Waals surface area contributed by atoms with Crippen molar-refractivity contribution < 1.29 is 37.9 Å². The van der Waals surface area contributed by atoms with Crippen LogP contribution in [0.1, 0.15) is 58.4 Å². The van der Waals surface area contributed by atoms with Crippen molar-refractivity contribution in [1.29, 1.82) is 0 Å². The molecule has 1 aliphatic rings. The van der Waals surface area contributed by atoms with Crippen LogP contribution >= 0.6 is 23.2 Å². The molecule has 0 radical (unpaired) electrons. The van der Waals surface area contributed by atoms with Gasteiger partial charge in [0.05, 0.1) is 39.6 Å². The van der Waals surface area contributed by atoms with Crippen LogP contribution in [0.5, 0.6) is 23.0 Å². The number of fused-ring (bicyclic) bond motifs is 8. The van der Waals surface area contributed by atoms with Gasteiger partial charge >= 0.3 is 0 Å². The van der Waals surface area contributed by atoms with Gasteiger partial charge < -0.3 is 37.9 Å². The smallest absolute Gasteiger partial charge is 0.126 e. The molecule has 0 aliphatic heterocycles. The lowest BCUT2D eigenvalue weighted by Gasteiger charge is -2.23. The van der Waals surface area contributed by atoms with Crippen LogP contribution in [-0.4, -0.2) is 91.0 Å². The fourth-order valence-corrected chi connectivity index (χ4v) is 6.86. The minimum atomic E-state index is 0.394. The van der Waals surface area contributed by atoms with E-state index < -0.39 is 0 Å². The molecule has 0 atom stereocenters. The van der Waals surface area contributed by atoms with Crippen molar-refractivity contribution in [3.63, 3.8) is 0 Å². The third-order valence-corrected chi connectivity index (χ3v) is 9.29. The van der Waals surface area contributed by atoms with E-state index in [-0.39, 0.29) is 0 Å². The highest BCUT2D eigenvalue weighted by atomic mass is 35.5. The molecule has 0 amide bonds. The second kappa shape index (κ2) is 23.4. The van der Waals surface area contributed by atoms with Crippen molar-refractivity contribution in [3.05, 3.63) is 117 Å². The first-order chi connectivity index (χ1) is 26.7. The lowest BCUT2D eigenvalue weighted by Crippen LogP contribution is -2.14. The molecule has 10 heteroatoms. The van der Waals surface area contributed by atoms with Gasteiger partial charge in [-0.1, -0.05) is 72.8 Å². The van der Waals surface area contributed by atoms with Crippen molar-refractivity contribution in [3.8, 4) is 23.0 Å². The lowest BCUT2D eigenvalue weighted by atomic mass is 9.91. The monoisotopic (exact) mass is 780 g/mol. The molecule has 54 heavy (non-hydrogen) atoms. The zero-order valence-corrected chi connectivity index (χ0v) is 33.2. The third-order valence-electron chi connectivity index (χ3n) is 8.98. The number of ether oxygens (including phenoxy) is 8. The van der Waals surface area contributed by atoms with Crippen LogP contribution in [0, 0.1) is 0 Å². The highest BCUT2D eigenvalue weighted by molar-refractivity contribution is 6.18. The topological polar surface area (TPSA) is 73.8 Å². The molecule has 0 N–H and O–H groups in total. The summed E-state index contributed by atoms with van der Waals surface area (Å²) in [6, 6.07) is 25.5. The summed E-state index contributed by atoms with van der Waals surface area (Å²) < 4.78 is 49.1. The Hall–Kier alpha value is -3.50. The average Bonchev–Trinajstić information content (AvgIpc) is 3.18. The molecular formula is C44H54Cl2O8. The highest BCUT2D eigenvalue weighted by Gasteiger charge is 2.22. The van der Waals surface area contributed by atoms with Crippen molar-refractivity contribution >= 4 is 23.2 Å². The maximum absolute atomic E-state index is 6.60. The summed E-state index contributed by atoms with van der Waals surface area (Å²) in [7, 11) is 0. The maximum atomic E-state index is 6.60. The van der Waals surface area contributed by atoms with Crippen LogP contribution in [0.25, 0.3) is 0 Å². The summed E-state index contributed by atoms with van der Waals surface area (Å²) in [6.07, 6.45) is 2.40. The van der Waals surface area contributed by atoms with Gasteiger partial charge in [-0.2, -0.15) is 0 Å². The summed E-state index contributed by atoms with van der Waals surface area (Å²) in [5, 5.41) is 0. The minimum Gasteiger partial charge on any atom is -0.491 e. The van der Waals surface area contributed by atoms with Gasteiger partial charge in [0.1, 0.15) is 49.4 Å². The molecule has 0 spiro atoms. The quantitative estimate of drug-likeness (QED) is 0.0512. The number of rotatable bonds is 22. The van der Waals surface area contributed by atoms with Gasteiger partial charge in [-0.05, 0) is 58.4 Å². The molecular weight excluding hydrogens is 727 g/mol. The van der Waals surface area contributed by atoms with Crippen molar-refractivity contribution in [2.24, 2.45) is 0 Å². The molecule has 0 aromatic heterocycles. The van der Waals surface area contributed by atoms with E-state index in [9.17, 15) is 0 Å². The fraction of sp³-hybridized carbons (Fsp3) is 0.455. The second-order valence-corrected chi connectivity index (χ2v) is 13.5. The Morgan fingerprint density at radius 3 is 0.815 bits per heavy atom. The molecule has 0 saturated carbocycles. The first kappa shape index (κ1) is 41.7. The van der Waals surface area contributed by atoms with E-state index in [0.29, 0.717) is 117 Å². The van der Waals surface area contributed by atoms with Gasteiger partial charge in [0.2, 0.25) is 0 Å². The predicted molar refractivity (Wildman–Crippen MR) is 215 cm³/mol. The van der Waals surface area contributed by atoms with E-state index in [1.54, 1.807) is 0 Å². The van der Waals surface area contributed by atoms with E-state index in [2.05, 4.69) is 72.8 Å². The zero-order valence-electron chi connectivity index (χ0n) is 31.7. The molecule has 292 valence electrons. The van der Waals surface area contributed by atoms with Crippen molar-refractivity contribution in [2.45, 2.75) is 39.5 Å². The first-order valence-corrected chi connectivity index (χ1v) is 20.1. The molecule has 0 fully saturated rings. The van der Waals surface area contributed by atoms with Crippen LogP contribution < -0.4 is 18.9 Å². The van der Waals surface area contributed by atoms with E-state index in [4.69, 9.17) is 61.1 Å². The van der Waals surface area contributed by atoms with Crippen LogP contribution in [0.4, 0.5) is 0 Å². The summed E-state index contributed by atoms with van der Waals surface area (Å²) in [6.45, 7) is 9.69. The van der Waals surface area contributed by atoms with Crippen LogP contribution in [0.2, 0.25) is 0 Å². The number of para-hydroxylation sites is 4. The number of alkyl halides is 2. The van der Waals surface area contributed by atoms with E-state index in [1.807, 2.05) is 13.8 Å². The van der Waals surface area contributed by atoms with Gasteiger partial charge in [-0.15, -0.1) is 23.2 Å². The summed E-state index contributed by atoms with van der Waals surface area (Å²) in [4.78, 5) is 0. The van der Waals surface area contributed by atoms with Gasteiger partial charge in [0, 0.05) is 50.7 Å². The molecule has 8 bridgehead atoms. The SMILES string of the molecule is CCOCCOc1c2cccc1Cc1cccc(c1OCCOCCCl)Cc1cccc(c1OCCOCC)Cc1cccc(c1OCCOCCCl)C2. The molecule has 5 rings (SSSR count). The summed E-state index contributed by atoms with van der Waals surface area (Å²) in [5.41, 5.74) is 8.47. The lowest BCUT2D eigenvalue weighted by molar-refractivity contribution is 0.109. The number of hydrogen-bond acceptors (Lipinski definition) is 8. The molecule has 8 nitrogen and oxygen atoms in total. The number of benzene rings is 4. The van der Waals surface area contributed by atoms with Crippen LogP contribution in [0.15, 0.2) is 72.8 Å². The second-order valence-electron chi connectivity index (χ2n) is 12.7. The van der Waals surface area contributed by atoms with Gasteiger partial charge in [-0.25, -0.2) is 0 Å². The maximum Gasteiger partial charge on any atom is 0.126 e. The average molecular weight is 782 g/mol. The Labute approximate surface area is 330 Å². The Morgan fingerprint density at radius 2 is 0.593 bits per heavy atom. The Morgan fingerprint density at radius 1 is 0.352 bits per heavy atom. The van der Waals surface area contributed by atoms with Crippen molar-refractivity contribution in [2.75, 3.05) is 91.0 Å². The van der Waals surface area contributed by atoms with Gasteiger partial charge in [0.25, 0.3) is 0 Å². The van der Waals surface area contributed by atoms with E-state index in [0.717, 1.165) is 67.5 Å². The minimum absolute atomic E-state index is 0.394. The zero-order chi connectivity index (χ0) is 37.8. The summed E-state index contributed by atoms with van der Waals surface area (Å²) >= 11 is 11.8. The Bertz CT molecular complexity index is 1500.